The summed E-state index contributed by atoms with van der Waals surface area (Å²) in [5, 5.41) is 5.22. The molecule has 0 aromatic heterocycles. The number of benzene rings is 1. The lowest BCUT2D eigenvalue weighted by Gasteiger charge is -2.53. The lowest BCUT2D eigenvalue weighted by molar-refractivity contribution is -0.137. The molecular formula is C23H30ClF5N6O3S. The Morgan fingerprint density at radius 1 is 1.15 bits per heavy atom. The minimum absolute atomic E-state index is 0.00689. The minimum atomic E-state index is -4.64. The minimum Gasteiger partial charge on any atom is -0.348 e. The molecule has 39 heavy (non-hydrogen) atoms. The fourth-order valence-electron chi connectivity index (χ4n) is 5.14. The number of amides is 1. The van der Waals surface area contributed by atoms with Gasteiger partial charge in [-0.2, -0.15) is 22.6 Å². The van der Waals surface area contributed by atoms with Crippen LogP contribution >= 0.6 is 11.6 Å². The highest BCUT2D eigenvalue weighted by Crippen LogP contribution is 2.44. The molecule has 1 aromatic rings. The van der Waals surface area contributed by atoms with E-state index in [1.807, 2.05) is 4.90 Å². The van der Waals surface area contributed by atoms with Crippen LogP contribution in [0.5, 0.6) is 0 Å². The third-order valence-electron chi connectivity index (χ3n) is 7.38. The van der Waals surface area contributed by atoms with E-state index in [2.05, 4.69) is 15.4 Å². The van der Waals surface area contributed by atoms with Crippen molar-refractivity contribution in [1.82, 2.24) is 14.5 Å². The molecule has 3 rings (SSSR count). The van der Waals surface area contributed by atoms with E-state index in [0.717, 1.165) is 18.3 Å². The number of aliphatic imine (C=N–C) groups is 1. The third kappa shape index (κ3) is 6.69. The van der Waals surface area contributed by atoms with Crippen LogP contribution in [0.1, 0.15) is 48.5 Å². The molecule has 16 heteroatoms. The predicted molar refractivity (Wildman–Crippen MR) is 138 cm³/mol. The van der Waals surface area contributed by atoms with Crippen molar-refractivity contribution in [1.29, 1.82) is 0 Å². The quantitative estimate of drug-likeness (QED) is 0.171. The molecule has 1 aromatic carbocycles. The second kappa shape index (κ2) is 11.6. The van der Waals surface area contributed by atoms with Crippen LogP contribution in [0.3, 0.4) is 0 Å². The molecule has 0 bridgehead atoms. The van der Waals surface area contributed by atoms with Gasteiger partial charge in [0.25, 0.3) is 15.9 Å². The molecule has 2 aliphatic rings. The molecule has 9 nitrogen and oxygen atoms in total. The largest absolute Gasteiger partial charge is 0.416 e. The number of nitrogens with two attached hydrogens (primary N) is 1. The van der Waals surface area contributed by atoms with Crippen LogP contribution in [0.4, 0.5) is 22.0 Å². The third-order valence-corrected chi connectivity index (χ3v) is 9.48. The average Bonchev–Trinajstić information content (AvgIpc) is 2.86. The fraction of sp³-hybridized carbons (Fsp3) is 0.609. The maximum atomic E-state index is 14.2. The zero-order valence-corrected chi connectivity index (χ0v) is 22.9. The van der Waals surface area contributed by atoms with Gasteiger partial charge in [-0.15, -0.1) is 0 Å². The molecule has 1 saturated carbocycles. The Morgan fingerprint density at radius 3 is 2.23 bits per heavy atom. The first kappa shape index (κ1) is 31.2. The second-order valence-electron chi connectivity index (χ2n) is 9.59. The number of piperazine rings is 1. The van der Waals surface area contributed by atoms with E-state index in [1.54, 1.807) is 6.92 Å². The Labute approximate surface area is 228 Å². The van der Waals surface area contributed by atoms with Gasteiger partial charge >= 0.3 is 6.18 Å². The summed E-state index contributed by atoms with van der Waals surface area (Å²) in [7, 11) is -2.66. The summed E-state index contributed by atoms with van der Waals surface area (Å²) in [6, 6.07) is 1.63. The van der Waals surface area contributed by atoms with Crippen LogP contribution < -0.4 is 11.2 Å². The van der Waals surface area contributed by atoms with Crippen molar-refractivity contribution in [2.24, 2.45) is 15.9 Å². The summed E-state index contributed by atoms with van der Waals surface area (Å²) in [5.74, 6) is 1.58. The molecule has 3 N–H and O–H groups in total. The lowest BCUT2D eigenvalue weighted by Crippen LogP contribution is -2.67. The number of carbonyl (C=O) groups excluding carboxylic acids is 1. The molecule has 218 valence electrons. The van der Waals surface area contributed by atoms with Crippen LogP contribution in [-0.2, 0) is 16.2 Å². The molecule has 2 fully saturated rings. The molecule has 1 unspecified atom stereocenters. The van der Waals surface area contributed by atoms with Gasteiger partial charge in [0.15, 0.2) is 0 Å². The van der Waals surface area contributed by atoms with Gasteiger partial charge < -0.3 is 11.2 Å². The second-order valence-corrected chi connectivity index (χ2v) is 11.9. The van der Waals surface area contributed by atoms with E-state index in [0.29, 0.717) is 6.07 Å². The summed E-state index contributed by atoms with van der Waals surface area (Å²) < 4.78 is 94.2. The molecular weight excluding hydrogens is 571 g/mol. The molecule has 1 saturated heterocycles. The van der Waals surface area contributed by atoms with E-state index >= 15 is 0 Å². The van der Waals surface area contributed by atoms with Gasteiger partial charge in [0.05, 0.1) is 22.4 Å². The van der Waals surface area contributed by atoms with Crippen LogP contribution in [-0.4, -0.2) is 85.5 Å². The van der Waals surface area contributed by atoms with Crippen molar-refractivity contribution in [2.75, 3.05) is 33.2 Å². The van der Waals surface area contributed by atoms with Crippen LogP contribution in [0, 0.1) is 0 Å². The molecule has 1 atom stereocenters. The maximum Gasteiger partial charge on any atom is 0.416 e. The number of nitrogens with zero attached hydrogens (tertiary/aromatic N) is 4. The Hall–Kier alpha value is -2.36. The summed E-state index contributed by atoms with van der Waals surface area (Å²) >= 11 is 5.98. The normalized spacial score (nSPS) is 22.1. The van der Waals surface area contributed by atoms with Crippen LogP contribution in [0.15, 0.2) is 28.3 Å². The number of halogens is 6. The van der Waals surface area contributed by atoms with E-state index < -0.39 is 68.1 Å². The van der Waals surface area contributed by atoms with Gasteiger partial charge in [-0.05, 0) is 38.0 Å². The first-order valence-corrected chi connectivity index (χ1v) is 13.9. The van der Waals surface area contributed by atoms with Crippen molar-refractivity contribution in [3.8, 4) is 0 Å². The van der Waals surface area contributed by atoms with Crippen molar-refractivity contribution in [2.45, 2.75) is 56.3 Å². The van der Waals surface area contributed by atoms with Gasteiger partial charge in [-0.1, -0.05) is 11.6 Å². The topological polar surface area (TPSA) is 120 Å². The average molecular weight is 601 g/mol. The van der Waals surface area contributed by atoms with Gasteiger partial charge in [0.1, 0.15) is 0 Å². The number of alkyl halides is 5. The summed E-state index contributed by atoms with van der Waals surface area (Å²) in [6.45, 7) is 2.02. The van der Waals surface area contributed by atoms with Crippen molar-refractivity contribution in [3.05, 3.63) is 34.3 Å². The first-order chi connectivity index (χ1) is 18.1. The van der Waals surface area contributed by atoms with E-state index in [9.17, 15) is 35.2 Å². The predicted octanol–water partition coefficient (Wildman–Crippen LogP) is 3.35. The van der Waals surface area contributed by atoms with E-state index in [4.69, 9.17) is 17.4 Å². The molecule has 0 spiro atoms. The highest BCUT2D eigenvalue weighted by atomic mass is 35.5. The highest BCUT2D eigenvalue weighted by Gasteiger charge is 2.51. The number of hydrogen-bond donors (Lipinski definition) is 2. The van der Waals surface area contributed by atoms with Gasteiger partial charge in [0.2, 0.25) is 11.0 Å². The Kier molecular flexibility index (Phi) is 9.30. The van der Waals surface area contributed by atoms with E-state index in [1.165, 1.54) is 11.4 Å². The smallest absolute Gasteiger partial charge is 0.348 e. The number of carbonyl (C=O) groups is 1. The number of sulfonamides is 1. The Morgan fingerprint density at radius 2 is 1.74 bits per heavy atom. The molecule has 1 aliphatic carbocycles. The standard InChI is InChI=1S/C23H30ClF5N6O3S/c1-15(32-20(36)17-4-3-16(13-18(17)24)23(27,28)29)21(5-7-22(25,26)8-6-21)34-9-11-35(12-10-34)39(37,38)19(33-30)14-31-2/h3-4,13-15H,5-12,30H2,1-2H3,(H,32,36). The molecule has 1 aliphatic heterocycles. The molecule has 1 amide bonds. The van der Waals surface area contributed by atoms with Crippen molar-refractivity contribution < 1.29 is 35.2 Å². The van der Waals surface area contributed by atoms with Crippen molar-refractivity contribution in [3.63, 3.8) is 0 Å². The molecule has 1 heterocycles. The number of rotatable bonds is 6. The van der Waals surface area contributed by atoms with Crippen LogP contribution in [0.2, 0.25) is 5.02 Å². The van der Waals surface area contributed by atoms with Gasteiger partial charge in [-0.25, -0.2) is 17.2 Å². The first-order valence-electron chi connectivity index (χ1n) is 12.1. The van der Waals surface area contributed by atoms with Gasteiger partial charge in [0, 0.05) is 57.6 Å². The maximum absolute atomic E-state index is 14.2. The van der Waals surface area contributed by atoms with Crippen molar-refractivity contribution >= 4 is 38.8 Å². The SMILES string of the molecule is CN=CC(=NN)S(=O)(=O)N1CCN(C2(C(C)NC(=O)c3ccc(C(F)(F)F)cc3Cl)CCC(F)(F)CC2)CC1. The number of nitrogens with one attached hydrogen (secondary N) is 1. The summed E-state index contributed by atoms with van der Waals surface area (Å²) in [4.78, 5) is 18.6. The monoisotopic (exact) mass is 600 g/mol. The Bertz CT molecular complexity index is 1220. The number of hydrogen-bond acceptors (Lipinski definition) is 7. The zero-order chi connectivity index (χ0) is 29.2. The summed E-state index contributed by atoms with van der Waals surface area (Å²) in [6.07, 6.45) is -4.48. The molecule has 0 radical (unpaired) electrons. The zero-order valence-electron chi connectivity index (χ0n) is 21.3. The number of hydrazone groups is 1. The van der Waals surface area contributed by atoms with Crippen LogP contribution in [0.25, 0.3) is 0 Å². The fourth-order valence-corrected chi connectivity index (χ4v) is 6.69. The van der Waals surface area contributed by atoms with Gasteiger partial charge in [-0.3, -0.25) is 14.7 Å². The summed E-state index contributed by atoms with van der Waals surface area (Å²) in [5.41, 5.74) is -2.15. The highest BCUT2D eigenvalue weighted by molar-refractivity contribution is 8.06. The van der Waals surface area contributed by atoms with E-state index in [-0.39, 0.29) is 44.6 Å². The Balaban J connectivity index is 1.82. The lowest BCUT2D eigenvalue weighted by atomic mass is 9.73.